The van der Waals surface area contributed by atoms with Crippen LogP contribution in [0, 0.1) is 19.8 Å². The first-order valence-corrected chi connectivity index (χ1v) is 10.6. The fourth-order valence-corrected chi connectivity index (χ4v) is 4.56. The van der Waals surface area contributed by atoms with Crippen LogP contribution in [-0.2, 0) is 9.59 Å². The highest BCUT2D eigenvalue weighted by atomic mass is 32.2. The molecule has 0 bridgehead atoms. The van der Waals surface area contributed by atoms with Crippen molar-refractivity contribution in [1.82, 2.24) is 15.1 Å². The molecule has 0 spiro atoms. The predicted molar refractivity (Wildman–Crippen MR) is 108 cm³/mol. The summed E-state index contributed by atoms with van der Waals surface area (Å²) < 4.78 is 0.752. The van der Waals surface area contributed by atoms with Gasteiger partial charge in [0.2, 0.25) is 16.9 Å². The van der Waals surface area contributed by atoms with Gasteiger partial charge in [0.1, 0.15) is 0 Å². The molecule has 1 fully saturated rings. The summed E-state index contributed by atoms with van der Waals surface area (Å²) in [6.07, 6.45) is 1.29. The van der Waals surface area contributed by atoms with Crippen molar-refractivity contribution < 1.29 is 9.59 Å². The number of likely N-dealkylation sites (tertiary alicyclic amines) is 1. The number of carbonyl (C=O) groups excluding carboxylic acids is 2. The molecule has 0 saturated carbocycles. The Balaban J connectivity index is 1.48. The third-order valence-corrected chi connectivity index (χ3v) is 6.69. The van der Waals surface area contributed by atoms with Crippen LogP contribution >= 0.6 is 23.1 Å². The van der Waals surface area contributed by atoms with Crippen LogP contribution in [0.5, 0.6) is 0 Å². The van der Waals surface area contributed by atoms with Gasteiger partial charge in [-0.25, -0.2) is 0 Å². The van der Waals surface area contributed by atoms with Crippen molar-refractivity contribution in [2.45, 2.75) is 31.0 Å². The Hall–Kier alpha value is -2.13. The van der Waals surface area contributed by atoms with Crippen LogP contribution in [0.4, 0.5) is 10.8 Å². The first-order chi connectivity index (χ1) is 12.9. The Morgan fingerprint density at radius 1 is 1.26 bits per heavy atom. The summed E-state index contributed by atoms with van der Waals surface area (Å²) >= 11 is 2.82. The topological polar surface area (TPSA) is 101 Å². The standard InChI is InChI=1S/C18H23N5O2S2/c1-11-3-4-14(9-12(11)2)20-17-21-22-18(27-17)26-10-15(24)23-7-5-13(6-8-23)16(19)25/h3-4,9,13H,5-8,10H2,1-2H3,(H2,19,25)(H,20,21). The molecule has 1 saturated heterocycles. The lowest BCUT2D eigenvalue weighted by atomic mass is 9.96. The van der Waals surface area contributed by atoms with E-state index in [0.717, 1.165) is 10.0 Å². The highest BCUT2D eigenvalue weighted by Crippen LogP contribution is 2.29. The predicted octanol–water partition coefficient (Wildman–Crippen LogP) is 2.71. The zero-order valence-corrected chi connectivity index (χ0v) is 17.0. The van der Waals surface area contributed by atoms with E-state index in [0.29, 0.717) is 36.8 Å². The van der Waals surface area contributed by atoms with Crippen molar-refractivity contribution in [2.75, 3.05) is 24.2 Å². The Labute approximate surface area is 166 Å². The van der Waals surface area contributed by atoms with Gasteiger partial charge in [-0.1, -0.05) is 29.2 Å². The number of aryl methyl sites for hydroxylation is 2. The third kappa shape index (κ3) is 5.20. The fourth-order valence-electron chi connectivity index (χ4n) is 2.89. The van der Waals surface area contributed by atoms with E-state index < -0.39 is 0 Å². The molecule has 0 unspecified atom stereocenters. The average molecular weight is 406 g/mol. The molecule has 0 atom stereocenters. The molecule has 2 heterocycles. The van der Waals surface area contributed by atoms with Gasteiger partial charge < -0.3 is 16.0 Å². The molecule has 2 amide bonds. The van der Waals surface area contributed by atoms with E-state index >= 15 is 0 Å². The molecule has 9 heteroatoms. The number of rotatable bonds is 6. The fraction of sp³-hybridized carbons (Fsp3) is 0.444. The number of benzene rings is 1. The number of amides is 2. The van der Waals surface area contributed by atoms with E-state index in [1.165, 1.54) is 34.2 Å². The number of hydrogen-bond acceptors (Lipinski definition) is 7. The molecule has 27 heavy (non-hydrogen) atoms. The minimum atomic E-state index is -0.269. The SMILES string of the molecule is Cc1ccc(Nc2nnc(SCC(=O)N3CCC(C(N)=O)CC3)s2)cc1C. The van der Waals surface area contributed by atoms with Crippen molar-refractivity contribution in [3.8, 4) is 0 Å². The third-order valence-electron chi connectivity index (χ3n) is 4.73. The Morgan fingerprint density at radius 2 is 2.00 bits per heavy atom. The summed E-state index contributed by atoms with van der Waals surface area (Å²) in [5.41, 5.74) is 8.76. The van der Waals surface area contributed by atoms with E-state index in [-0.39, 0.29) is 17.7 Å². The second-order valence-electron chi connectivity index (χ2n) is 6.64. The van der Waals surface area contributed by atoms with Crippen LogP contribution in [0.1, 0.15) is 24.0 Å². The van der Waals surface area contributed by atoms with Gasteiger partial charge in [0, 0.05) is 24.7 Å². The number of thioether (sulfide) groups is 1. The number of carbonyl (C=O) groups is 2. The molecule has 1 aliphatic heterocycles. The number of nitrogens with one attached hydrogen (secondary N) is 1. The molecule has 2 aromatic rings. The number of piperidine rings is 1. The normalized spacial score (nSPS) is 15.0. The molecule has 0 radical (unpaired) electrons. The molecule has 144 valence electrons. The molecule has 0 aliphatic carbocycles. The number of nitrogens with zero attached hydrogens (tertiary/aromatic N) is 3. The summed E-state index contributed by atoms with van der Waals surface area (Å²) in [6, 6.07) is 6.15. The van der Waals surface area contributed by atoms with E-state index in [1.54, 1.807) is 4.90 Å². The monoisotopic (exact) mass is 405 g/mol. The molecular formula is C18H23N5O2S2. The van der Waals surface area contributed by atoms with Gasteiger partial charge in [-0.3, -0.25) is 9.59 Å². The van der Waals surface area contributed by atoms with E-state index in [1.807, 2.05) is 6.07 Å². The quantitative estimate of drug-likeness (QED) is 0.717. The highest BCUT2D eigenvalue weighted by molar-refractivity contribution is 8.01. The zero-order chi connectivity index (χ0) is 19.4. The summed E-state index contributed by atoms with van der Waals surface area (Å²) in [7, 11) is 0. The molecule has 1 aromatic carbocycles. The summed E-state index contributed by atoms with van der Waals surface area (Å²) in [6.45, 7) is 5.32. The van der Waals surface area contributed by atoms with Gasteiger partial charge in [-0.15, -0.1) is 10.2 Å². The zero-order valence-electron chi connectivity index (χ0n) is 15.4. The molecule has 3 N–H and O–H groups in total. The lowest BCUT2D eigenvalue weighted by molar-refractivity contribution is -0.132. The van der Waals surface area contributed by atoms with Crippen LogP contribution < -0.4 is 11.1 Å². The van der Waals surface area contributed by atoms with Gasteiger partial charge in [0.05, 0.1) is 5.75 Å². The van der Waals surface area contributed by atoms with Gasteiger partial charge >= 0.3 is 0 Å². The lowest BCUT2D eigenvalue weighted by Gasteiger charge is -2.30. The maximum atomic E-state index is 12.3. The van der Waals surface area contributed by atoms with E-state index in [4.69, 9.17) is 5.73 Å². The average Bonchev–Trinajstić information content (AvgIpc) is 3.10. The van der Waals surface area contributed by atoms with Crippen molar-refractivity contribution in [3.05, 3.63) is 29.3 Å². The summed E-state index contributed by atoms with van der Waals surface area (Å²) in [5.74, 6) is -0.000641. The minimum Gasteiger partial charge on any atom is -0.369 e. The molecule has 7 nitrogen and oxygen atoms in total. The minimum absolute atomic E-state index is 0.0572. The largest absolute Gasteiger partial charge is 0.369 e. The van der Waals surface area contributed by atoms with Gasteiger partial charge in [-0.05, 0) is 49.9 Å². The Bertz CT molecular complexity index is 831. The van der Waals surface area contributed by atoms with E-state index in [9.17, 15) is 9.59 Å². The van der Waals surface area contributed by atoms with Crippen molar-refractivity contribution in [3.63, 3.8) is 0 Å². The number of anilines is 2. The first kappa shape index (κ1) is 19.6. The van der Waals surface area contributed by atoms with Gasteiger partial charge in [-0.2, -0.15) is 0 Å². The Morgan fingerprint density at radius 3 is 2.67 bits per heavy atom. The molecular weight excluding hydrogens is 382 g/mol. The molecule has 1 aromatic heterocycles. The first-order valence-electron chi connectivity index (χ1n) is 8.80. The van der Waals surface area contributed by atoms with Crippen molar-refractivity contribution >= 4 is 45.7 Å². The maximum Gasteiger partial charge on any atom is 0.233 e. The maximum absolute atomic E-state index is 12.3. The summed E-state index contributed by atoms with van der Waals surface area (Å²) in [5, 5.41) is 12.2. The Kier molecular flexibility index (Phi) is 6.33. The van der Waals surface area contributed by atoms with Crippen LogP contribution in [0.2, 0.25) is 0 Å². The van der Waals surface area contributed by atoms with Crippen LogP contribution in [0.25, 0.3) is 0 Å². The number of nitrogens with two attached hydrogens (primary N) is 1. The van der Waals surface area contributed by atoms with Crippen LogP contribution in [-0.4, -0.2) is 45.8 Å². The van der Waals surface area contributed by atoms with E-state index in [2.05, 4.69) is 41.5 Å². The van der Waals surface area contributed by atoms with Crippen LogP contribution in [0.15, 0.2) is 22.5 Å². The number of primary amides is 1. The second-order valence-corrected chi connectivity index (χ2v) is 8.84. The van der Waals surface area contributed by atoms with Gasteiger partial charge in [0.15, 0.2) is 4.34 Å². The van der Waals surface area contributed by atoms with Crippen molar-refractivity contribution in [2.24, 2.45) is 11.7 Å². The van der Waals surface area contributed by atoms with Crippen LogP contribution in [0.3, 0.4) is 0 Å². The lowest BCUT2D eigenvalue weighted by Crippen LogP contribution is -2.42. The van der Waals surface area contributed by atoms with Crippen molar-refractivity contribution in [1.29, 1.82) is 0 Å². The number of aromatic nitrogens is 2. The second kappa shape index (κ2) is 8.71. The highest BCUT2D eigenvalue weighted by Gasteiger charge is 2.25. The molecule has 3 rings (SSSR count). The van der Waals surface area contributed by atoms with Gasteiger partial charge in [0.25, 0.3) is 0 Å². The molecule has 1 aliphatic rings. The smallest absolute Gasteiger partial charge is 0.233 e. The number of hydrogen-bond donors (Lipinski definition) is 2. The summed E-state index contributed by atoms with van der Waals surface area (Å²) in [4.78, 5) is 25.3.